The summed E-state index contributed by atoms with van der Waals surface area (Å²) in [7, 11) is 0. The number of hydrogen-bond donors (Lipinski definition) is 1. The maximum Gasteiger partial charge on any atom is 0.338 e. The number of carboxylic acid groups (broad SMARTS) is 1. The van der Waals surface area contributed by atoms with Gasteiger partial charge in [-0.25, -0.2) is 13.6 Å². The molecule has 2 aromatic rings. The molecule has 5 heteroatoms. The smallest absolute Gasteiger partial charge is 0.338 e. The Morgan fingerprint density at radius 3 is 2.41 bits per heavy atom. The molecule has 0 atom stereocenters. The maximum atomic E-state index is 15.1. The van der Waals surface area contributed by atoms with Crippen molar-refractivity contribution in [3.8, 4) is 17.2 Å². The fourth-order valence-electron chi connectivity index (χ4n) is 4.35. The molecule has 152 valence electrons. The molecule has 1 N–H and O–H groups in total. The van der Waals surface area contributed by atoms with Gasteiger partial charge in [0.25, 0.3) is 0 Å². The molecule has 2 aromatic carbocycles. The Bertz CT molecular complexity index is 941. The Hall–Kier alpha value is -2.74. The SMILES string of the molecule is CCC1CCC(CCc2ccc(C(=O)O)c(F)c2-c2ccc(C#N)c(F)c2)CC1. The summed E-state index contributed by atoms with van der Waals surface area (Å²) in [5, 5.41) is 18.2. The highest BCUT2D eigenvalue weighted by atomic mass is 19.1. The number of carboxylic acids is 1. The number of nitriles is 1. The Morgan fingerprint density at radius 2 is 1.83 bits per heavy atom. The summed E-state index contributed by atoms with van der Waals surface area (Å²) in [4.78, 5) is 11.4. The Balaban J connectivity index is 1.91. The van der Waals surface area contributed by atoms with Gasteiger partial charge in [-0.05, 0) is 54.0 Å². The van der Waals surface area contributed by atoms with Gasteiger partial charge in [-0.3, -0.25) is 0 Å². The fraction of sp³-hybridized carbons (Fsp3) is 0.417. The van der Waals surface area contributed by atoms with Gasteiger partial charge in [0, 0.05) is 5.56 Å². The summed E-state index contributed by atoms with van der Waals surface area (Å²) in [6.45, 7) is 2.22. The van der Waals surface area contributed by atoms with Gasteiger partial charge in [-0.2, -0.15) is 5.26 Å². The number of aromatic carboxylic acids is 1. The lowest BCUT2D eigenvalue weighted by Crippen LogP contribution is -2.15. The third-order valence-electron chi connectivity index (χ3n) is 6.20. The summed E-state index contributed by atoms with van der Waals surface area (Å²) >= 11 is 0. The molecule has 0 radical (unpaired) electrons. The number of rotatable bonds is 6. The minimum atomic E-state index is -1.36. The van der Waals surface area contributed by atoms with Crippen LogP contribution in [0.15, 0.2) is 30.3 Å². The largest absolute Gasteiger partial charge is 0.478 e. The number of aryl methyl sites for hydroxylation is 1. The van der Waals surface area contributed by atoms with Crippen molar-refractivity contribution < 1.29 is 18.7 Å². The molecule has 1 saturated carbocycles. The van der Waals surface area contributed by atoms with Crippen LogP contribution < -0.4 is 0 Å². The lowest BCUT2D eigenvalue weighted by atomic mass is 9.78. The predicted octanol–water partition coefficient (Wildman–Crippen LogP) is 6.35. The lowest BCUT2D eigenvalue weighted by molar-refractivity contribution is 0.0692. The Labute approximate surface area is 170 Å². The van der Waals surface area contributed by atoms with E-state index in [2.05, 4.69) is 6.92 Å². The average Bonchev–Trinajstić information content (AvgIpc) is 2.72. The van der Waals surface area contributed by atoms with Crippen LogP contribution in [0.2, 0.25) is 0 Å². The van der Waals surface area contributed by atoms with E-state index in [-0.39, 0.29) is 16.7 Å². The Kier molecular flexibility index (Phi) is 6.64. The molecule has 0 aromatic heterocycles. The van der Waals surface area contributed by atoms with Crippen molar-refractivity contribution in [2.45, 2.75) is 51.9 Å². The van der Waals surface area contributed by atoms with E-state index < -0.39 is 23.2 Å². The predicted molar refractivity (Wildman–Crippen MR) is 108 cm³/mol. The average molecular weight is 397 g/mol. The monoisotopic (exact) mass is 397 g/mol. The lowest BCUT2D eigenvalue weighted by Gasteiger charge is -2.28. The van der Waals surface area contributed by atoms with Gasteiger partial charge in [0.05, 0.1) is 11.1 Å². The fourth-order valence-corrected chi connectivity index (χ4v) is 4.35. The van der Waals surface area contributed by atoms with Crippen LogP contribution >= 0.6 is 0 Å². The first-order valence-electron chi connectivity index (χ1n) is 10.2. The molecule has 0 unspecified atom stereocenters. The van der Waals surface area contributed by atoms with Crippen LogP contribution in [0.1, 0.15) is 66.9 Å². The molecule has 29 heavy (non-hydrogen) atoms. The number of halogens is 2. The third-order valence-corrected chi connectivity index (χ3v) is 6.20. The van der Waals surface area contributed by atoms with Crippen molar-refractivity contribution in [1.82, 2.24) is 0 Å². The molecule has 0 heterocycles. The minimum Gasteiger partial charge on any atom is -0.478 e. The van der Waals surface area contributed by atoms with Gasteiger partial charge in [0.2, 0.25) is 0 Å². The van der Waals surface area contributed by atoms with E-state index in [1.165, 1.54) is 37.5 Å². The summed E-state index contributed by atoms with van der Waals surface area (Å²) in [5.41, 5.74) is 0.492. The first kappa shape index (κ1) is 21.0. The van der Waals surface area contributed by atoms with Crippen molar-refractivity contribution in [3.05, 3.63) is 58.7 Å². The van der Waals surface area contributed by atoms with E-state index in [0.29, 0.717) is 17.9 Å². The van der Waals surface area contributed by atoms with E-state index in [1.807, 2.05) is 0 Å². The van der Waals surface area contributed by atoms with Crippen LogP contribution in [-0.2, 0) is 6.42 Å². The summed E-state index contributed by atoms with van der Waals surface area (Å²) in [6, 6.07) is 8.55. The van der Waals surface area contributed by atoms with E-state index >= 15 is 4.39 Å². The van der Waals surface area contributed by atoms with Crippen LogP contribution in [0.4, 0.5) is 8.78 Å². The molecule has 3 nitrogen and oxygen atoms in total. The van der Waals surface area contributed by atoms with Crippen LogP contribution in [0.5, 0.6) is 0 Å². The van der Waals surface area contributed by atoms with Crippen molar-refractivity contribution >= 4 is 5.97 Å². The van der Waals surface area contributed by atoms with E-state index in [4.69, 9.17) is 5.26 Å². The molecule has 0 bridgehead atoms. The molecular weight excluding hydrogens is 372 g/mol. The van der Waals surface area contributed by atoms with Crippen LogP contribution in [-0.4, -0.2) is 11.1 Å². The molecule has 1 fully saturated rings. The first-order chi connectivity index (χ1) is 13.9. The highest BCUT2D eigenvalue weighted by molar-refractivity contribution is 5.90. The number of nitrogens with zero attached hydrogens (tertiary/aromatic N) is 1. The number of benzene rings is 2. The second-order valence-electron chi connectivity index (χ2n) is 7.91. The molecule has 1 aliphatic carbocycles. The van der Waals surface area contributed by atoms with Crippen LogP contribution in [0.3, 0.4) is 0 Å². The van der Waals surface area contributed by atoms with Gasteiger partial charge in [-0.1, -0.05) is 51.2 Å². The molecule has 0 spiro atoms. The van der Waals surface area contributed by atoms with Gasteiger partial charge < -0.3 is 5.11 Å². The molecule has 0 amide bonds. The minimum absolute atomic E-state index is 0.121. The molecule has 0 aliphatic heterocycles. The highest BCUT2D eigenvalue weighted by Crippen LogP contribution is 2.36. The number of hydrogen-bond acceptors (Lipinski definition) is 2. The van der Waals surface area contributed by atoms with E-state index in [0.717, 1.165) is 31.2 Å². The second-order valence-corrected chi connectivity index (χ2v) is 7.91. The van der Waals surface area contributed by atoms with Crippen molar-refractivity contribution in [2.75, 3.05) is 0 Å². The molecule has 3 rings (SSSR count). The zero-order valence-corrected chi connectivity index (χ0v) is 16.5. The molecule has 0 saturated heterocycles. The molecule has 1 aliphatic rings. The van der Waals surface area contributed by atoms with Crippen LogP contribution in [0, 0.1) is 34.8 Å². The van der Waals surface area contributed by atoms with Gasteiger partial charge >= 0.3 is 5.97 Å². The zero-order valence-electron chi connectivity index (χ0n) is 16.5. The first-order valence-corrected chi connectivity index (χ1v) is 10.2. The number of carbonyl (C=O) groups is 1. The summed E-state index contributed by atoms with van der Waals surface area (Å²) < 4.78 is 29.2. The van der Waals surface area contributed by atoms with Gasteiger partial charge in [0.1, 0.15) is 17.7 Å². The van der Waals surface area contributed by atoms with Crippen LogP contribution in [0.25, 0.3) is 11.1 Å². The van der Waals surface area contributed by atoms with Gasteiger partial charge in [-0.15, -0.1) is 0 Å². The third kappa shape index (κ3) is 4.64. The van der Waals surface area contributed by atoms with Crippen molar-refractivity contribution in [1.29, 1.82) is 5.26 Å². The summed E-state index contributed by atoms with van der Waals surface area (Å²) in [6.07, 6.45) is 7.48. The Morgan fingerprint density at radius 1 is 1.14 bits per heavy atom. The van der Waals surface area contributed by atoms with Crippen molar-refractivity contribution in [3.63, 3.8) is 0 Å². The highest BCUT2D eigenvalue weighted by Gasteiger charge is 2.23. The molecular formula is C24H25F2NO2. The quantitative estimate of drug-likeness (QED) is 0.618. The van der Waals surface area contributed by atoms with Gasteiger partial charge in [0.15, 0.2) is 0 Å². The van der Waals surface area contributed by atoms with Crippen molar-refractivity contribution in [2.24, 2.45) is 11.8 Å². The standard InChI is InChI=1S/C24H25F2NO2/c1-2-15-3-5-16(6-4-15)7-8-17-11-12-20(24(28)29)23(26)22(17)18-9-10-19(14-27)21(25)13-18/h9-13,15-16H,2-8H2,1H3,(H,28,29). The normalized spacial score (nSPS) is 19.0. The topological polar surface area (TPSA) is 61.1 Å². The summed E-state index contributed by atoms with van der Waals surface area (Å²) in [5.74, 6) is -1.58. The van der Waals surface area contributed by atoms with E-state index in [9.17, 15) is 14.3 Å². The zero-order chi connectivity index (χ0) is 21.0. The second kappa shape index (κ2) is 9.17. The maximum absolute atomic E-state index is 15.1. The van der Waals surface area contributed by atoms with E-state index in [1.54, 1.807) is 12.1 Å².